The van der Waals surface area contributed by atoms with Gasteiger partial charge in [-0.05, 0) is 49.1 Å². The minimum absolute atomic E-state index is 0.0978. The van der Waals surface area contributed by atoms with Gasteiger partial charge in [0, 0.05) is 37.6 Å². The Morgan fingerprint density at radius 3 is 2.81 bits per heavy atom. The van der Waals surface area contributed by atoms with Crippen molar-refractivity contribution in [1.82, 2.24) is 15.1 Å². The predicted octanol–water partition coefficient (Wildman–Crippen LogP) is 4.07. The summed E-state index contributed by atoms with van der Waals surface area (Å²) in [5.41, 5.74) is 4.37. The van der Waals surface area contributed by atoms with E-state index in [1.807, 2.05) is 24.4 Å². The van der Waals surface area contributed by atoms with Gasteiger partial charge in [-0.3, -0.25) is 20.2 Å². The summed E-state index contributed by atoms with van der Waals surface area (Å²) in [4.78, 5) is 9.64. The smallest absolute Gasteiger partial charge is 0.156 e. The fourth-order valence-corrected chi connectivity index (χ4v) is 4.67. The van der Waals surface area contributed by atoms with Crippen molar-refractivity contribution >= 4 is 29.6 Å². The van der Waals surface area contributed by atoms with Crippen LogP contribution in [0.2, 0.25) is 0 Å². The fourth-order valence-electron chi connectivity index (χ4n) is 4.67. The van der Waals surface area contributed by atoms with Gasteiger partial charge in [0.05, 0.1) is 17.7 Å². The Labute approximate surface area is 191 Å². The second-order valence-corrected chi connectivity index (χ2v) is 9.13. The second-order valence-electron chi connectivity index (χ2n) is 9.13. The quantitative estimate of drug-likeness (QED) is 0.287. The normalized spacial score (nSPS) is 22.1. The molecule has 0 aromatic heterocycles. The standard InChI is InChI=1S/C25H35N7/c1-18(2)13-21-16-31(24-15-27-22-9-4-5-10-23(22)30-24)11-12-32(21)25(28-17-26)29-20-8-6-7-19(3)14-20/h4-10,14-15,17-18,21,24-25,29-30H,11-13,16H2,1-3H3,(H2,26,28). The summed E-state index contributed by atoms with van der Waals surface area (Å²) >= 11 is 0. The molecule has 2 aromatic rings. The maximum absolute atomic E-state index is 7.70. The van der Waals surface area contributed by atoms with E-state index in [2.05, 4.69) is 81.8 Å². The molecule has 2 aromatic carbocycles. The number of nitrogens with one attached hydrogen (secondary N) is 4. The van der Waals surface area contributed by atoms with Crippen LogP contribution in [0.1, 0.15) is 25.8 Å². The Balaban J connectivity index is 1.50. The van der Waals surface area contributed by atoms with Crippen molar-refractivity contribution in [3.8, 4) is 0 Å². The highest BCUT2D eigenvalue weighted by Crippen LogP contribution is 2.29. The second kappa shape index (κ2) is 10.1. The fraction of sp³-hybridized carbons (Fsp3) is 0.440. The van der Waals surface area contributed by atoms with Crippen LogP contribution in [-0.2, 0) is 0 Å². The van der Waals surface area contributed by atoms with E-state index < -0.39 is 0 Å². The summed E-state index contributed by atoms with van der Waals surface area (Å²) in [5, 5.41) is 18.2. The highest BCUT2D eigenvalue weighted by Gasteiger charge is 2.35. The molecule has 0 bridgehead atoms. The first-order valence-corrected chi connectivity index (χ1v) is 11.5. The first kappa shape index (κ1) is 22.3. The van der Waals surface area contributed by atoms with Gasteiger partial charge >= 0.3 is 0 Å². The van der Waals surface area contributed by atoms with Gasteiger partial charge < -0.3 is 16.0 Å². The van der Waals surface area contributed by atoms with E-state index in [9.17, 15) is 0 Å². The molecule has 3 atom stereocenters. The maximum Gasteiger partial charge on any atom is 0.156 e. The average molecular weight is 434 g/mol. The van der Waals surface area contributed by atoms with Crippen LogP contribution in [-0.4, -0.2) is 60.5 Å². The molecule has 2 heterocycles. The van der Waals surface area contributed by atoms with Crippen LogP contribution in [0, 0.1) is 18.3 Å². The molecule has 7 nitrogen and oxygen atoms in total. The number of fused-ring (bicyclic) bond motifs is 1. The van der Waals surface area contributed by atoms with Gasteiger partial charge in [0.1, 0.15) is 6.17 Å². The number of anilines is 2. The SMILES string of the molecule is Cc1cccc(NC(NC=N)N2CCN(C3C=Nc4ccccc4N3)CC2CC(C)C)c1. The Kier molecular flexibility index (Phi) is 7.07. The lowest BCUT2D eigenvalue weighted by atomic mass is 9.99. The third-order valence-corrected chi connectivity index (χ3v) is 6.15. The molecule has 0 aliphatic carbocycles. The molecule has 2 aliphatic rings. The van der Waals surface area contributed by atoms with Crippen LogP contribution in [0.25, 0.3) is 0 Å². The van der Waals surface area contributed by atoms with E-state index in [1.54, 1.807) is 0 Å². The molecule has 7 heteroatoms. The lowest BCUT2D eigenvalue weighted by Gasteiger charge is -2.47. The number of nitrogens with zero attached hydrogens (tertiary/aromatic N) is 3. The molecular weight excluding hydrogens is 398 g/mol. The lowest BCUT2D eigenvalue weighted by Crippen LogP contribution is -2.64. The monoisotopic (exact) mass is 433 g/mol. The number of aryl methyl sites for hydroxylation is 1. The van der Waals surface area contributed by atoms with E-state index in [-0.39, 0.29) is 12.5 Å². The zero-order valence-electron chi connectivity index (χ0n) is 19.3. The van der Waals surface area contributed by atoms with Crippen LogP contribution in [0.5, 0.6) is 0 Å². The first-order valence-electron chi connectivity index (χ1n) is 11.5. The van der Waals surface area contributed by atoms with Crippen molar-refractivity contribution in [2.45, 2.75) is 45.7 Å². The summed E-state index contributed by atoms with van der Waals surface area (Å²) in [5.74, 6) is 0.579. The molecule has 0 spiro atoms. The van der Waals surface area contributed by atoms with Crippen molar-refractivity contribution in [3.05, 3.63) is 54.1 Å². The highest BCUT2D eigenvalue weighted by atomic mass is 15.4. The van der Waals surface area contributed by atoms with Gasteiger partial charge in [0.15, 0.2) is 6.29 Å². The van der Waals surface area contributed by atoms with Crippen molar-refractivity contribution in [3.63, 3.8) is 0 Å². The third-order valence-electron chi connectivity index (χ3n) is 6.15. The average Bonchev–Trinajstić information content (AvgIpc) is 2.78. The van der Waals surface area contributed by atoms with Gasteiger partial charge in [-0.1, -0.05) is 38.1 Å². The zero-order valence-corrected chi connectivity index (χ0v) is 19.3. The zero-order chi connectivity index (χ0) is 22.5. The van der Waals surface area contributed by atoms with E-state index in [1.165, 1.54) is 11.9 Å². The first-order chi connectivity index (χ1) is 15.5. The van der Waals surface area contributed by atoms with E-state index in [0.29, 0.717) is 12.0 Å². The van der Waals surface area contributed by atoms with Crippen LogP contribution in [0.4, 0.5) is 17.1 Å². The molecule has 0 amide bonds. The third kappa shape index (κ3) is 5.29. The van der Waals surface area contributed by atoms with Crippen LogP contribution < -0.4 is 16.0 Å². The molecule has 4 N–H and O–H groups in total. The molecular formula is C25H35N7. The highest BCUT2D eigenvalue weighted by molar-refractivity contribution is 5.82. The van der Waals surface area contributed by atoms with Gasteiger partial charge in [0.2, 0.25) is 0 Å². The number of para-hydroxylation sites is 2. The van der Waals surface area contributed by atoms with Crippen molar-refractivity contribution in [1.29, 1.82) is 5.41 Å². The number of piperazine rings is 1. The largest absolute Gasteiger partial charge is 0.363 e. The van der Waals surface area contributed by atoms with Crippen molar-refractivity contribution in [2.75, 3.05) is 30.3 Å². The Hall–Kier alpha value is -2.90. The molecule has 4 rings (SSSR count). The Morgan fingerprint density at radius 1 is 1.19 bits per heavy atom. The van der Waals surface area contributed by atoms with E-state index in [0.717, 1.165) is 43.1 Å². The van der Waals surface area contributed by atoms with E-state index in [4.69, 9.17) is 5.41 Å². The van der Waals surface area contributed by atoms with Crippen molar-refractivity contribution < 1.29 is 0 Å². The molecule has 1 saturated heterocycles. The number of aliphatic imine (C=N–C) groups is 1. The van der Waals surface area contributed by atoms with Gasteiger partial charge in [-0.2, -0.15) is 0 Å². The lowest BCUT2D eigenvalue weighted by molar-refractivity contribution is 0.0306. The Morgan fingerprint density at radius 2 is 2.03 bits per heavy atom. The minimum atomic E-state index is -0.131. The van der Waals surface area contributed by atoms with E-state index >= 15 is 0 Å². The van der Waals surface area contributed by atoms with Gasteiger partial charge in [0.25, 0.3) is 0 Å². The molecule has 0 saturated carbocycles. The topological polar surface area (TPSA) is 78.8 Å². The number of hydrogen-bond acceptors (Lipinski definition) is 6. The molecule has 1 fully saturated rings. The number of rotatable bonds is 8. The van der Waals surface area contributed by atoms with Gasteiger partial charge in [-0.25, -0.2) is 0 Å². The molecule has 2 aliphatic heterocycles. The van der Waals surface area contributed by atoms with Crippen LogP contribution in [0.15, 0.2) is 53.5 Å². The Bertz CT molecular complexity index is 941. The summed E-state index contributed by atoms with van der Waals surface area (Å²) in [7, 11) is 0. The number of benzene rings is 2. The summed E-state index contributed by atoms with van der Waals surface area (Å²) < 4.78 is 0. The maximum atomic E-state index is 7.70. The molecule has 3 unspecified atom stereocenters. The van der Waals surface area contributed by atoms with Crippen LogP contribution in [0.3, 0.4) is 0 Å². The summed E-state index contributed by atoms with van der Waals surface area (Å²) in [6.45, 7) is 9.42. The summed E-state index contributed by atoms with van der Waals surface area (Å²) in [6.07, 6.45) is 4.37. The van der Waals surface area contributed by atoms with Crippen molar-refractivity contribution in [2.24, 2.45) is 10.9 Å². The molecule has 32 heavy (non-hydrogen) atoms. The summed E-state index contributed by atoms with van der Waals surface area (Å²) in [6, 6.07) is 16.9. The number of hydrogen-bond donors (Lipinski definition) is 4. The molecule has 0 radical (unpaired) electrons. The molecule has 170 valence electrons. The predicted molar refractivity (Wildman–Crippen MR) is 134 cm³/mol. The van der Waals surface area contributed by atoms with Gasteiger partial charge in [-0.15, -0.1) is 0 Å². The van der Waals surface area contributed by atoms with Crippen LogP contribution >= 0.6 is 0 Å². The minimum Gasteiger partial charge on any atom is -0.363 e.